The van der Waals surface area contributed by atoms with Crippen LogP contribution in [0.3, 0.4) is 0 Å². The molecule has 1 aromatic carbocycles. The fourth-order valence-electron chi connectivity index (χ4n) is 6.79. The summed E-state index contributed by atoms with van der Waals surface area (Å²) in [6.07, 6.45) is 8.89. The molecule has 10 nitrogen and oxygen atoms in total. The Balaban J connectivity index is 1.38. The third-order valence-corrected chi connectivity index (χ3v) is 9.68. The van der Waals surface area contributed by atoms with Crippen molar-refractivity contribution in [1.82, 2.24) is 20.9 Å². The molecule has 1 spiro atoms. The maximum atomic E-state index is 14.0. The van der Waals surface area contributed by atoms with Crippen LogP contribution in [0.2, 0.25) is 5.02 Å². The quantitative estimate of drug-likeness (QED) is 0.267. The Morgan fingerprint density at radius 2 is 1.79 bits per heavy atom. The Bertz CT molecular complexity index is 1210. The topological polar surface area (TPSA) is 145 Å². The van der Waals surface area contributed by atoms with Gasteiger partial charge in [-0.15, -0.1) is 0 Å². The molecule has 4 N–H and O–H groups in total. The highest BCUT2D eigenvalue weighted by molar-refractivity contribution is 6.38. The Morgan fingerprint density at radius 1 is 1.05 bits per heavy atom. The second-order valence-corrected chi connectivity index (χ2v) is 13.2. The monoisotopic (exact) mass is 600 g/mol. The molecule has 3 saturated carbocycles. The van der Waals surface area contributed by atoms with Crippen LogP contribution in [0.1, 0.15) is 89.0 Å². The molecule has 11 heteroatoms. The maximum absolute atomic E-state index is 14.0. The second-order valence-electron chi connectivity index (χ2n) is 12.7. The second kappa shape index (κ2) is 13.0. The fraction of sp³-hybridized carbons (Fsp3) is 0.645. The number of halogens is 1. The predicted octanol–water partition coefficient (Wildman–Crippen LogP) is 3.94. The predicted molar refractivity (Wildman–Crippen MR) is 156 cm³/mol. The first-order valence-electron chi connectivity index (χ1n) is 15.3. The first-order valence-corrected chi connectivity index (χ1v) is 15.7. The molecule has 0 bridgehead atoms. The molecule has 4 aliphatic rings. The average Bonchev–Trinajstić information content (AvgIpc) is 3.69. The zero-order chi connectivity index (χ0) is 29.9. The minimum Gasteiger partial charge on any atom is -0.465 e. The Morgan fingerprint density at radius 3 is 2.38 bits per heavy atom. The highest BCUT2D eigenvalue weighted by Gasteiger charge is 2.49. The highest BCUT2D eigenvalue weighted by atomic mass is 35.5. The van der Waals surface area contributed by atoms with Gasteiger partial charge in [-0.05, 0) is 75.0 Å². The Labute approximate surface area is 251 Å². The number of hydrogen-bond acceptors (Lipinski definition) is 5. The molecule has 1 heterocycles. The third kappa shape index (κ3) is 7.43. The Hall–Kier alpha value is -3.14. The van der Waals surface area contributed by atoms with Crippen molar-refractivity contribution in [3.8, 4) is 0 Å². The van der Waals surface area contributed by atoms with E-state index in [1.165, 1.54) is 0 Å². The molecule has 1 aliphatic heterocycles. The number of benzene rings is 1. The summed E-state index contributed by atoms with van der Waals surface area (Å²) in [6.45, 7) is -0.0605. The van der Waals surface area contributed by atoms with Crippen LogP contribution in [0.5, 0.6) is 0 Å². The summed E-state index contributed by atoms with van der Waals surface area (Å²) in [5.41, 5.74) is 0.382. The Kier molecular flexibility index (Phi) is 9.40. The van der Waals surface area contributed by atoms with Crippen LogP contribution in [0.25, 0.3) is 0 Å². The van der Waals surface area contributed by atoms with Gasteiger partial charge in [0, 0.05) is 29.1 Å². The van der Waals surface area contributed by atoms with E-state index in [1.807, 2.05) is 0 Å². The minimum atomic E-state index is -1.26. The lowest BCUT2D eigenvalue weighted by molar-refractivity contribution is -0.141. The highest BCUT2D eigenvalue weighted by Crippen LogP contribution is 2.42. The minimum absolute atomic E-state index is 0.00619. The summed E-state index contributed by atoms with van der Waals surface area (Å²) in [6, 6.07) is 4.46. The molecule has 3 aliphatic carbocycles. The summed E-state index contributed by atoms with van der Waals surface area (Å²) in [5, 5.41) is 19.3. The van der Waals surface area contributed by atoms with Crippen LogP contribution in [-0.4, -0.2) is 63.3 Å². The first kappa shape index (κ1) is 30.3. The van der Waals surface area contributed by atoms with Gasteiger partial charge < -0.3 is 21.1 Å². The molecule has 1 saturated heterocycles. The number of hydrogen-bond donors (Lipinski definition) is 4. The number of carboxylic acid groups (broad SMARTS) is 1. The van der Waals surface area contributed by atoms with Crippen LogP contribution >= 0.6 is 11.6 Å². The van der Waals surface area contributed by atoms with Crippen LogP contribution < -0.4 is 16.0 Å². The number of nitrogens with one attached hydrogen (secondary N) is 3. The average molecular weight is 601 g/mol. The van der Waals surface area contributed by atoms with Crippen molar-refractivity contribution < 1.29 is 29.1 Å². The molecule has 2 unspecified atom stereocenters. The van der Waals surface area contributed by atoms with Crippen molar-refractivity contribution in [2.24, 2.45) is 11.8 Å². The SMILES string of the molecule is O=C(NC1CC1)C(=O)C(CC1CC2(CCC2)NC1=O)NC(=O)[C@H](CC1CCCCC1)N(Cc1cccc(Cl)c1)C(=O)O. The van der Waals surface area contributed by atoms with E-state index in [-0.39, 0.29) is 36.4 Å². The summed E-state index contributed by atoms with van der Waals surface area (Å²) in [5.74, 6) is -2.74. The van der Waals surface area contributed by atoms with E-state index < -0.39 is 41.7 Å². The van der Waals surface area contributed by atoms with Gasteiger partial charge in [-0.3, -0.25) is 24.1 Å². The zero-order valence-corrected chi connectivity index (χ0v) is 24.7. The van der Waals surface area contributed by atoms with Crippen molar-refractivity contribution in [2.45, 2.75) is 114 Å². The molecule has 3 atom stereocenters. The van der Waals surface area contributed by atoms with E-state index in [9.17, 15) is 29.1 Å². The molecule has 5 rings (SSSR count). The first-order chi connectivity index (χ1) is 20.1. The van der Waals surface area contributed by atoms with Crippen LogP contribution in [0.4, 0.5) is 4.79 Å². The number of carbonyl (C=O) groups excluding carboxylic acids is 4. The number of carbonyl (C=O) groups is 5. The summed E-state index contributed by atoms with van der Waals surface area (Å²) < 4.78 is 0. The van der Waals surface area contributed by atoms with Crippen LogP contribution in [0, 0.1) is 11.8 Å². The van der Waals surface area contributed by atoms with Gasteiger partial charge in [0.1, 0.15) is 6.04 Å². The number of amides is 4. The van der Waals surface area contributed by atoms with Crippen molar-refractivity contribution in [3.63, 3.8) is 0 Å². The number of ketones is 1. The smallest absolute Gasteiger partial charge is 0.408 e. The summed E-state index contributed by atoms with van der Waals surface area (Å²) >= 11 is 6.15. The molecule has 0 radical (unpaired) electrons. The number of Topliss-reactive ketones (excluding diaryl/α,β-unsaturated/α-hetero) is 1. The van der Waals surface area contributed by atoms with Gasteiger partial charge in [-0.25, -0.2) is 4.79 Å². The van der Waals surface area contributed by atoms with E-state index >= 15 is 0 Å². The van der Waals surface area contributed by atoms with Gasteiger partial charge >= 0.3 is 6.09 Å². The molecule has 4 amide bonds. The standard InChI is InChI=1S/C31H41ClN4O6/c32-22-9-4-8-20(14-22)18-36(30(41)42)25(15-19-6-2-1-3-7-19)28(39)34-24(26(37)29(40)33-23-10-11-23)16-21-17-31(12-5-13-31)35-27(21)38/h4,8-9,14,19,21,23-25H,1-3,5-7,10-13,15-18H2,(H,33,40)(H,34,39)(H,35,38)(H,41,42)/t21?,24?,25-/m0/s1. The summed E-state index contributed by atoms with van der Waals surface area (Å²) in [7, 11) is 0. The van der Waals surface area contributed by atoms with E-state index in [0.717, 1.165) is 69.1 Å². The van der Waals surface area contributed by atoms with Gasteiger partial charge in [0.25, 0.3) is 5.91 Å². The van der Waals surface area contributed by atoms with E-state index in [0.29, 0.717) is 23.4 Å². The molecule has 4 fully saturated rings. The lowest BCUT2D eigenvalue weighted by atomic mass is 9.73. The van der Waals surface area contributed by atoms with Gasteiger partial charge in [0.15, 0.2) is 0 Å². The summed E-state index contributed by atoms with van der Waals surface area (Å²) in [4.78, 5) is 66.9. The number of nitrogens with zero attached hydrogens (tertiary/aromatic N) is 1. The van der Waals surface area contributed by atoms with Gasteiger partial charge in [-0.1, -0.05) is 55.8 Å². The van der Waals surface area contributed by atoms with Crippen LogP contribution in [-0.2, 0) is 25.7 Å². The van der Waals surface area contributed by atoms with Gasteiger partial charge in [0.05, 0.1) is 6.04 Å². The van der Waals surface area contributed by atoms with E-state index in [4.69, 9.17) is 11.6 Å². The third-order valence-electron chi connectivity index (χ3n) is 9.44. The maximum Gasteiger partial charge on any atom is 0.408 e. The van der Waals surface area contributed by atoms with Crippen LogP contribution in [0.15, 0.2) is 24.3 Å². The number of rotatable bonds is 12. The molecular formula is C31H41ClN4O6. The lowest BCUT2D eigenvalue weighted by Gasteiger charge is -2.38. The molecule has 1 aromatic rings. The van der Waals surface area contributed by atoms with Crippen molar-refractivity contribution in [3.05, 3.63) is 34.9 Å². The van der Waals surface area contributed by atoms with Crippen molar-refractivity contribution in [2.75, 3.05) is 0 Å². The van der Waals surface area contributed by atoms with Gasteiger partial charge in [0.2, 0.25) is 17.6 Å². The molecule has 0 aromatic heterocycles. The lowest BCUT2D eigenvalue weighted by Crippen LogP contribution is -2.56. The zero-order valence-electron chi connectivity index (χ0n) is 23.9. The molecular weight excluding hydrogens is 560 g/mol. The molecule has 42 heavy (non-hydrogen) atoms. The fourth-order valence-corrected chi connectivity index (χ4v) is 7.00. The normalized spacial score (nSPS) is 22.9. The molecule has 228 valence electrons. The van der Waals surface area contributed by atoms with E-state index in [2.05, 4.69) is 16.0 Å². The van der Waals surface area contributed by atoms with Crippen molar-refractivity contribution in [1.29, 1.82) is 0 Å². The largest absolute Gasteiger partial charge is 0.465 e. The van der Waals surface area contributed by atoms with E-state index in [1.54, 1.807) is 24.3 Å². The van der Waals surface area contributed by atoms with Gasteiger partial charge in [-0.2, -0.15) is 0 Å². The van der Waals surface area contributed by atoms with Crippen molar-refractivity contribution >= 4 is 41.2 Å².